The van der Waals surface area contributed by atoms with Crippen molar-refractivity contribution in [2.24, 2.45) is 0 Å². The van der Waals surface area contributed by atoms with Crippen LogP contribution >= 0.6 is 0 Å². The van der Waals surface area contributed by atoms with Crippen LogP contribution in [0, 0.1) is 13.8 Å². The first kappa shape index (κ1) is 15.6. The first-order valence-corrected chi connectivity index (χ1v) is 8.04. The summed E-state index contributed by atoms with van der Waals surface area (Å²) < 4.78 is 5.48. The fourth-order valence-electron chi connectivity index (χ4n) is 3.23. The minimum atomic E-state index is 0.000140. The molecule has 122 valence electrons. The van der Waals surface area contributed by atoms with Crippen LogP contribution in [0.1, 0.15) is 40.1 Å². The molecule has 23 heavy (non-hydrogen) atoms. The van der Waals surface area contributed by atoms with Crippen molar-refractivity contribution in [2.75, 3.05) is 7.11 Å². The number of rotatable bonds is 5. The zero-order chi connectivity index (χ0) is 16.4. The summed E-state index contributed by atoms with van der Waals surface area (Å²) in [6, 6.07) is 4.30. The molecule has 0 fully saturated rings. The molecular formula is C18H23N3O2. The molecular weight excluding hydrogens is 290 g/mol. The largest absolute Gasteiger partial charge is 0.496 e. The highest BCUT2D eigenvalue weighted by atomic mass is 16.5. The maximum Gasteiger partial charge on any atom is 0.224 e. The Hall–Kier alpha value is -2.30. The number of nitrogens with zero attached hydrogens (tertiary/aromatic N) is 1. The third-order valence-electron chi connectivity index (χ3n) is 4.59. The number of aromatic amines is 1. The van der Waals surface area contributed by atoms with E-state index in [2.05, 4.69) is 27.6 Å². The van der Waals surface area contributed by atoms with Crippen molar-refractivity contribution in [1.82, 2.24) is 15.5 Å². The standard InChI is InChI=1S/C18H23N3O2/c1-11-16(12(2)21-20-11)9-18(22)19-10-15-7-13-5-4-6-14(13)8-17(15)23-3/h7-8H,4-6,9-10H2,1-3H3,(H,19,22)(H,20,21). The van der Waals surface area contributed by atoms with Gasteiger partial charge in [0.25, 0.3) is 0 Å². The molecule has 0 spiro atoms. The third kappa shape index (κ3) is 3.23. The lowest BCUT2D eigenvalue weighted by molar-refractivity contribution is -0.120. The Labute approximate surface area is 136 Å². The van der Waals surface area contributed by atoms with Crippen LogP contribution in [-0.2, 0) is 30.6 Å². The molecule has 0 radical (unpaired) electrons. The predicted molar refractivity (Wildman–Crippen MR) is 88.6 cm³/mol. The van der Waals surface area contributed by atoms with Gasteiger partial charge in [-0.2, -0.15) is 5.10 Å². The molecule has 5 heteroatoms. The lowest BCUT2D eigenvalue weighted by atomic mass is 10.0. The van der Waals surface area contributed by atoms with E-state index in [0.717, 1.165) is 41.1 Å². The molecule has 1 aliphatic rings. The fraction of sp³-hybridized carbons (Fsp3) is 0.444. The molecule has 1 amide bonds. The number of hydrogen-bond donors (Lipinski definition) is 2. The molecule has 2 N–H and O–H groups in total. The van der Waals surface area contributed by atoms with Crippen molar-refractivity contribution in [3.8, 4) is 5.75 Å². The van der Waals surface area contributed by atoms with E-state index < -0.39 is 0 Å². The molecule has 0 saturated heterocycles. The second kappa shape index (κ2) is 6.44. The Kier molecular flexibility index (Phi) is 4.37. The van der Waals surface area contributed by atoms with E-state index in [-0.39, 0.29) is 5.91 Å². The highest BCUT2D eigenvalue weighted by Gasteiger charge is 2.16. The highest BCUT2D eigenvalue weighted by Crippen LogP contribution is 2.29. The molecule has 3 rings (SSSR count). The van der Waals surface area contributed by atoms with Gasteiger partial charge in [0, 0.05) is 23.4 Å². The maximum absolute atomic E-state index is 12.2. The van der Waals surface area contributed by atoms with Gasteiger partial charge in [-0.25, -0.2) is 0 Å². The van der Waals surface area contributed by atoms with Gasteiger partial charge in [-0.3, -0.25) is 9.89 Å². The zero-order valence-corrected chi connectivity index (χ0v) is 14.0. The summed E-state index contributed by atoms with van der Waals surface area (Å²) in [5.41, 5.74) is 6.62. The van der Waals surface area contributed by atoms with Crippen LogP contribution in [0.4, 0.5) is 0 Å². The summed E-state index contributed by atoms with van der Waals surface area (Å²) in [5.74, 6) is 0.863. The van der Waals surface area contributed by atoms with Crippen LogP contribution < -0.4 is 10.1 Å². The van der Waals surface area contributed by atoms with E-state index in [9.17, 15) is 4.79 Å². The zero-order valence-electron chi connectivity index (χ0n) is 14.0. The van der Waals surface area contributed by atoms with Gasteiger partial charge in [-0.15, -0.1) is 0 Å². The molecule has 5 nitrogen and oxygen atoms in total. The number of nitrogens with one attached hydrogen (secondary N) is 2. The molecule has 1 aromatic carbocycles. The van der Waals surface area contributed by atoms with Crippen molar-refractivity contribution in [3.05, 3.63) is 45.8 Å². The smallest absolute Gasteiger partial charge is 0.224 e. The number of H-pyrrole nitrogens is 1. The van der Waals surface area contributed by atoms with Crippen molar-refractivity contribution >= 4 is 5.91 Å². The number of aryl methyl sites for hydroxylation is 4. The summed E-state index contributed by atoms with van der Waals surface area (Å²) in [6.07, 6.45) is 3.79. The minimum Gasteiger partial charge on any atom is -0.496 e. The number of amides is 1. The molecule has 0 aliphatic heterocycles. The summed E-state index contributed by atoms with van der Waals surface area (Å²) >= 11 is 0. The number of fused-ring (bicyclic) bond motifs is 1. The van der Waals surface area contributed by atoms with E-state index >= 15 is 0 Å². The van der Waals surface area contributed by atoms with Crippen molar-refractivity contribution < 1.29 is 9.53 Å². The Morgan fingerprint density at radius 3 is 2.70 bits per heavy atom. The normalized spacial score (nSPS) is 13.0. The first-order valence-electron chi connectivity index (χ1n) is 8.04. The van der Waals surface area contributed by atoms with Crippen LogP contribution in [0.15, 0.2) is 12.1 Å². The van der Waals surface area contributed by atoms with Gasteiger partial charge >= 0.3 is 0 Å². The van der Waals surface area contributed by atoms with Gasteiger partial charge in [0.1, 0.15) is 5.75 Å². The fourth-order valence-corrected chi connectivity index (χ4v) is 3.23. The number of aromatic nitrogens is 2. The molecule has 0 saturated carbocycles. The third-order valence-corrected chi connectivity index (χ3v) is 4.59. The van der Waals surface area contributed by atoms with Crippen LogP contribution in [-0.4, -0.2) is 23.2 Å². The summed E-state index contributed by atoms with van der Waals surface area (Å²) in [4.78, 5) is 12.2. The van der Waals surface area contributed by atoms with Crippen LogP contribution in [0.25, 0.3) is 0 Å². The molecule has 1 aliphatic carbocycles. The molecule has 1 heterocycles. The highest BCUT2D eigenvalue weighted by molar-refractivity contribution is 5.79. The van der Waals surface area contributed by atoms with Crippen LogP contribution in [0.2, 0.25) is 0 Å². The van der Waals surface area contributed by atoms with Gasteiger partial charge in [0.05, 0.1) is 19.2 Å². The van der Waals surface area contributed by atoms with Crippen molar-refractivity contribution in [2.45, 2.75) is 46.1 Å². The summed E-state index contributed by atoms with van der Waals surface area (Å²) in [7, 11) is 1.68. The summed E-state index contributed by atoms with van der Waals surface area (Å²) in [5, 5.41) is 10.0. The summed E-state index contributed by atoms with van der Waals surface area (Å²) in [6.45, 7) is 4.34. The SMILES string of the molecule is COc1cc2c(cc1CNC(=O)Cc1c(C)n[nH]c1C)CCC2. The van der Waals surface area contributed by atoms with Crippen LogP contribution in [0.5, 0.6) is 5.75 Å². The van der Waals surface area contributed by atoms with Crippen LogP contribution in [0.3, 0.4) is 0 Å². The lowest BCUT2D eigenvalue weighted by Crippen LogP contribution is -2.25. The maximum atomic E-state index is 12.2. The second-order valence-electron chi connectivity index (χ2n) is 6.15. The number of methoxy groups -OCH3 is 1. The van der Waals surface area contributed by atoms with E-state index in [1.165, 1.54) is 17.5 Å². The molecule has 0 unspecified atom stereocenters. The number of carbonyl (C=O) groups is 1. The second-order valence-corrected chi connectivity index (χ2v) is 6.15. The Morgan fingerprint density at radius 2 is 2.04 bits per heavy atom. The molecule has 2 aromatic rings. The van der Waals surface area contributed by atoms with Gasteiger partial charge in [-0.1, -0.05) is 6.07 Å². The number of ether oxygens (including phenoxy) is 1. The van der Waals surface area contributed by atoms with Gasteiger partial charge in [-0.05, 0) is 50.3 Å². The Bertz CT molecular complexity index is 715. The number of benzene rings is 1. The van der Waals surface area contributed by atoms with Crippen molar-refractivity contribution in [3.63, 3.8) is 0 Å². The predicted octanol–water partition coefficient (Wildman–Crippen LogP) is 2.38. The Morgan fingerprint density at radius 1 is 1.30 bits per heavy atom. The monoisotopic (exact) mass is 313 g/mol. The number of hydrogen-bond acceptors (Lipinski definition) is 3. The van der Waals surface area contributed by atoms with Crippen molar-refractivity contribution in [1.29, 1.82) is 0 Å². The molecule has 0 bridgehead atoms. The van der Waals surface area contributed by atoms with Gasteiger partial charge in [0.15, 0.2) is 0 Å². The van der Waals surface area contributed by atoms with E-state index in [1.54, 1.807) is 7.11 Å². The topological polar surface area (TPSA) is 67.0 Å². The molecule has 0 atom stereocenters. The minimum absolute atomic E-state index is 0.000140. The Balaban J connectivity index is 1.67. The number of carbonyl (C=O) groups excluding carboxylic acids is 1. The molecule has 1 aromatic heterocycles. The van der Waals surface area contributed by atoms with Gasteiger partial charge < -0.3 is 10.1 Å². The quantitative estimate of drug-likeness (QED) is 0.890. The average molecular weight is 313 g/mol. The van der Waals surface area contributed by atoms with E-state index in [4.69, 9.17) is 4.74 Å². The average Bonchev–Trinajstić information content (AvgIpc) is 3.12. The van der Waals surface area contributed by atoms with E-state index in [0.29, 0.717) is 13.0 Å². The van der Waals surface area contributed by atoms with Gasteiger partial charge in [0.2, 0.25) is 5.91 Å². The van der Waals surface area contributed by atoms with E-state index in [1.807, 2.05) is 13.8 Å². The first-order chi connectivity index (χ1) is 11.1. The lowest BCUT2D eigenvalue weighted by Gasteiger charge is -2.12.